The summed E-state index contributed by atoms with van der Waals surface area (Å²) in [6, 6.07) is 4.83. The molecular weight excluding hydrogens is 317 g/mol. The normalized spacial score (nSPS) is 13.4. The SMILES string of the molecule is C[C@H](O)c1cc(Br)ccc1OCOCC(F)(F)F. The molecule has 0 amide bonds. The second-order valence-corrected chi connectivity index (χ2v) is 4.50. The molecule has 1 aromatic carbocycles. The van der Waals surface area contributed by atoms with Crippen molar-refractivity contribution in [1.82, 2.24) is 0 Å². The summed E-state index contributed by atoms with van der Waals surface area (Å²) in [5, 5.41) is 9.49. The van der Waals surface area contributed by atoms with Gasteiger partial charge < -0.3 is 14.6 Å². The smallest absolute Gasteiger partial charge is 0.411 e. The largest absolute Gasteiger partial charge is 0.467 e. The molecule has 0 unspecified atom stereocenters. The van der Waals surface area contributed by atoms with Gasteiger partial charge >= 0.3 is 6.18 Å². The second kappa shape index (κ2) is 6.40. The fourth-order valence-corrected chi connectivity index (χ4v) is 1.62. The highest BCUT2D eigenvalue weighted by atomic mass is 79.9. The molecule has 0 radical (unpaired) electrons. The Hall–Kier alpha value is -0.790. The van der Waals surface area contributed by atoms with E-state index in [0.717, 1.165) is 4.47 Å². The summed E-state index contributed by atoms with van der Waals surface area (Å²) in [4.78, 5) is 0. The van der Waals surface area contributed by atoms with Crippen LogP contribution in [0.1, 0.15) is 18.6 Å². The third-order valence-electron chi connectivity index (χ3n) is 1.99. The number of aliphatic hydroxyl groups excluding tert-OH is 1. The predicted molar refractivity (Wildman–Crippen MR) is 62.3 cm³/mol. The summed E-state index contributed by atoms with van der Waals surface area (Å²) in [5.74, 6) is 0.287. The van der Waals surface area contributed by atoms with Crippen LogP contribution in [0.5, 0.6) is 5.75 Å². The topological polar surface area (TPSA) is 38.7 Å². The maximum atomic E-state index is 11.8. The van der Waals surface area contributed by atoms with Crippen LogP contribution in [0.4, 0.5) is 13.2 Å². The minimum Gasteiger partial charge on any atom is -0.467 e. The molecule has 0 fully saturated rings. The fourth-order valence-electron chi connectivity index (χ4n) is 1.24. The summed E-state index contributed by atoms with van der Waals surface area (Å²) in [6.45, 7) is -0.362. The van der Waals surface area contributed by atoms with Crippen molar-refractivity contribution in [3.63, 3.8) is 0 Å². The zero-order chi connectivity index (χ0) is 13.8. The highest BCUT2D eigenvalue weighted by Crippen LogP contribution is 2.28. The van der Waals surface area contributed by atoms with E-state index in [0.29, 0.717) is 5.56 Å². The van der Waals surface area contributed by atoms with Crippen LogP contribution in [0.15, 0.2) is 22.7 Å². The van der Waals surface area contributed by atoms with Gasteiger partial charge in [-0.1, -0.05) is 15.9 Å². The van der Waals surface area contributed by atoms with Gasteiger partial charge in [-0.15, -0.1) is 0 Å². The fraction of sp³-hybridized carbons (Fsp3) is 0.455. The van der Waals surface area contributed by atoms with E-state index in [2.05, 4.69) is 20.7 Å². The van der Waals surface area contributed by atoms with E-state index in [-0.39, 0.29) is 5.75 Å². The van der Waals surface area contributed by atoms with E-state index in [1.165, 1.54) is 6.92 Å². The van der Waals surface area contributed by atoms with E-state index in [1.807, 2.05) is 0 Å². The summed E-state index contributed by atoms with van der Waals surface area (Å²) in [6.07, 6.45) is -5.17. The van der Waals surface area contributed by atoms with Crippen LogP contribution < -0.4 is 4.74 Å². The van der Waals surface area contributed by atoms with Crippen LogP contribution in [0, 0.1) is 0 Å². The quantitative estimate of drug-likeness (QED) is 0.665. The lowest BCUT2D eigenvalue weighted by molar-refractivity contribution is -0.186. The molecule has 0 spiro atoms. The summed E-state index contributed by atoms with van der Waals surface area (Å²) in [5.41, 5.74) is 0.472. The van der Waals surface area contributed by atoms with E-state index < -0.39 is 25.7 Å². The molecule has 0 aliphatic heterocycles. The highest BCUT2D eigenvalue weighted by molar-refractivity contribution is 9.10. The van der Waals surface area contributed by atoms with Crippen molar-refractivity contribution >= 4 is 15.9 Å². The first-order chi connectivity index (χ1) is 8.29. The van der Waals surface area contributed by atoms with Crippen LogP contribution in [-0.4, -0.2) is 24.7 Å². The van der Waals surface area contributed by atoms with Crippen LogP contribution in [-0.2, 0) is 4.74 Å². The molecule has 1 atom stereocenters. The number of halogens is 4. The predicted octanol–water partition coefficient (Wildman–Crippen LogP) is 3.42. The molecule has 0 saturated carbocycles. The average molecular weight is 329 g/mol. The second-order valence-electron chi connectivity index (χ2n) is 3.58. The molecule has 7 heteroatoms. The molecule has 1 N–H and O–H groups in total. The minimum atomic E-state index is -4.38. The molecule has 1 aromatic rings. The molecule has 0 saturated heterocycles. The molecule has 0 bridgehead atoms. The molecule has 1 rings (SSSR count). The maximum absolute atomic E-state index is 11.8. The molecule has 18 heavy (non-hydrogen) atoms. The van der Waals surface area contributed by atoms with Gasteiger partial charge in [0.15, 0.2) is 6.79 Å². The Morgan fingerprint density at radius 2 is 2.06 bits per heavy atom. The van der Waals surface area contributed by atoms with E-state index >= 15 is 0 Å². The summed E-state index contributed by atoms with van der Waals surface area (Å²) >= 11 is 3.23. The van der Waals surface area contributed by atoms with Crippen molar-refractivity contribution in [1.29, 1.82) is 0 Å². The third kappa shape index (κ3) is 5.24. The van der Waals surface area contributed by atoms with Gasteiger partial charge in [-0.2, -0.15) is 13.2 Å². The number of hydrogen-bond donors (Lipinski definition) is 1. The molecule has 0 heterocycles. The van der Waals surface area contributed by atoms with Crippen molar-refractivity contribution < 1.29 is 27.8 Å². The van der Waals surface area contributed by atoms with E-state index in [1.54, 1.807) is 18.2 Å². The van der Waals surface area contributed by atoms with Crippen molar-refractivity contribution in [3.8, 4) is 5.75 Å². The number of rotatable bonds is 5. The number of hydrogen-bond acceptors (Lipinski definition) is 3. The molecule has 0 aliphatic carbocycles. The minimum absolute atomic E-state index is 0.287. The van der Waals surface area contributed by atoms with Crippen molar-refractivity contribution in [3.05, 3.63) is 28.2 Å². The monoisotopic (exact) mass is 328 g/mol. The molecular formula is C11H12BrF3O3. The Balaban J connectivity index is 2.57. The van der Waals surface area contributed by atoms with Crippen molar-refractivity contribution in [2.45, 2.75) is 19.2 Å². The van der Waals surface area contributed by atoms with Crippen molar-refractivity contribution in [2.75, 3.05) is 13.4 Å². The Kier molecular flexibility index (Phi) is 5.43. The van der Waals surface area contributed by atoms with Gasteiger partial charge in [0.25, 0.3) is 0 Å². The molecule has 3 nitrogen and oxygen atoms in total. The van der Waals surface area contributed by atoms with Gasteiger partial charge in [0.2, 0.25) is 0 Å². The van der Waals surface area contributed by atoms with Gasteiger partial charge in [0.05, 0.1) is 6.10 Å². The average Bonchev–Trinajstić information content (AvgIpc) is 2.24. The van der Waals surface area contributed by atoms with Gasteiger partial charge in [-0.25, -0.2) is 0 Å². The highest BCUT2D eigenvalue weighted by Gasteiger charge is 2.27. The van der Waals surface area contributed by atoms with Crippen LogP contribution in [0.3, 0.4) is 0 Å². The standard InChI is InChI=1S/C11H12BrF3O3/c1-7(16)9-4-8(12)2-3-10(9)18-6-17-5-11(13,14)15/h2-4,7,16H,5-6H2,1H3/t7-/m0/s1. The Morgan fingerprint density at radius 3 is 2.61 bits per heavy atom. The summed E-state index contributed by atoms with van der Waals surface area (Å²) < 4.78 is 45.6. The van der Waals surface area contributed by atoms with Crippen LogP contribution >= 0.6 is 15.9 Å². The number of benzene rings is 1. The van der Waals surface area contributed by atoms with Gasteiger partial charge in [0.1, 0.15) is 12.4 Å². The van der Waals surface area contributed by atoms with Crippen LogP contribution in [0.25, 0.3) is 0 Å². The summed E-state index contributed by atoms with van der Waals surface area (Å²) in [7, 11) is 0. The van der Waals surface area contributed by atoms with E-state index in [9.17, 15) is 18.3 Å². The zero-order valence-electron chi connectivity index (χ0n) is 9.50. The lowest BCUT2D eigenvalue weighted by atomic mass is 10.1. The lowest BCUT2D eigenvalue weighted by Crippen LogP contribution is -2.19. The lowest BCUT2D eigenvalue weighted by Gasteiger charge is -2.14. The Morgan fingerprint density at radius 1 is 1.39 bits per heavy atom. The third-order valence-corrected chi connectivity index (χ3v) is 2.48. The van der Waals surface area contributed by atoms with Crippen molar-refractivity contribution in [2.24, 2.45) is 0 Å². The number of aliphatic hydroxyl groups is 1. The van der Waals surface area contributed by atoms with E-state index in [4.69, 9.17) is 4.74 Å². The van der Waals surface area contributed by atoms with Gasteiger partial charge in [-0.3, -0.25) is 0 Å². The Labute approximate surface area is 111 Å². The number of alkyl halides is 3. The van der Waals surface area contributed by atoms with Crippen LogP contribution in [0.2, 0.25) is 0 Å². The first-order valence-electron chi connectivity index (χ1n) is 5.04. The Bertz CT molecular complexity index is 394. The first kappa shape index (κ1) is 15.3. The first-order valence-corrected chi connectivity index (χ1v) is 5.83. The number of ether oxygens (including phenoxy) is 2. The van der Waals surface area contributed by atoms with Gasteiger partial charge in [0, 0.05) is 10.0 Å². The van der Waals surface area contributed by atoms with Gasteiger partial charge in [-0.05, 0) is 25.1 Å². The zero-order valence-corrected chi connectivity index (χ0v) is 11.1. The maximum Gasteiger partial charge on any atom is 0.411 e. The molecule has 0 aromatic heterocycles. The molecule has 0 aliphatic rings. The molecule has 102 valence electrons.